The van der Waals surface area contributed by atoms with Gasteiger partial charge in [-0.15, -0.1) is 0 Å². The summed E-state index contributed by atoms with van der Waals surface area (Å²) in [5.74, 6) is 1.44. The molecule has 6 nitrogen and oxygen atoms in total. The Morgan fingerprint density at radius 2 is 0.863 bits per heavy atom. The maximum absolute atomic E-state index is 6.63. The molecule has 0 spiro atoms. The van der Waals surface area contributed by atoms with Gasteiger partial charge in [0.1, 0.15) is 24.7 Å². The minimum absolute atomic E-state index is 0.361. The van der Waals surface area contributed by atoms with Gasteiger partial charge in [-0.25, -0.2) is 0 Å². The van der Waals surface area contributed by atoms with Crippen LogP contribution in [0, 0.1) is 3.57 Å². The first-order chi connectivity index (χ1) is 25.2. The Morgan fingerprint density at radius 3 is 1.31 bits per heavy atom. The molecule has 0 unspecified atom stereocenters. The van der Waals surface area contributed by atoms with Crippen molar-refractivity contribution in [2.45, 2.75) is 51.7 Å². The third-order valence-electron chi connectivity index (χ3n) is 8.51. The van der Waals surface area contributed by atoms with E-state index in [9.17, 15) is 0 Å². The SMILES string of the molecule is Ic1c(OCc2ccccc2)cc(OCc2ccccc2)c(-c2ccccc2)c1CC1O[C@H](OCc2ccccc2)[C@@H](OCc2ccccc2)O1. The number of ether oxygens (including phenoxy) is 6. The van der Waals surface area contributed by atoms with E-state index in [-0.39, 0.29) is 0 Å². The molecular formula is C44H39IO6. The van der Waals surface area contributed by atoms with Crippen molar-refractivity contribution < 1.29 is 28.4 Å². The molecule has 1 saturated heterocycles. The van der Waals surface area contributed by atoms with Crippen LogP contribution in [0.1, 0.15) is 27.8 Å². The maximum atomic E-state index is 6.63. The van der Waals surface area contributed by atoms with Crippen LogP contribution in [0.3, 0.4) is 0 Å². The summed E-state index contributed by atoms with van der Waals surface area (Å²) < 4.78 is 39.7. The summed E-state index contributed by atoms with van der Waals surface area (Å²) in [5.41, 5.74) is 7.20. The highest BCUT2D eigenvalue weighted by Crippen LogP contribution is 2.43. The second-order valence-electron chi connectivity index (χ2n) is 12.2. The van der Waals surface area contributed by atoms with Gasteiger partial charge in [-0.1, -0.05) is 152 Å². The lowest BCUT2D eigenvalue weighted by Gasteiger charge is -2.22. The molecule has 1 aliphatic heterocycles. The molecule has 0 saturated carbocycles. The van der Waals surface area contributed by atoms with Gasteiger partial charge in [-0.2, -0.15) is 0 Å². The summed E-state index contributed by atoms with van der Waals surface area (Å²) in [4.78, 5) is 0. The topological polar surface area (TPSA) is 55.4 Å². The summed E-state index contributed by atoms with van der Waals surface area (Å²) in [6, 6.07) is 52.7. The van der Waals surface area contributed by atoms with Crippen LogP contribution < -0.4 is 9.47 Å². The lowest BCUT2D eigenvalue weighted by molar-refractivity contribution is -0.200. The molecule has 7 rings (SSSR count). The third kappa shape index (κ3) is 9.44. The Balaban J connectivity index is 1.21. The molecular weight excluding hydrogens is 751 g/mol. The second-order valence-corrected chi connectivity index (χ2v) is 13.3. The van der Waals surface area contributed by atoms with Crippen molar-refractivity contribution >= 4 is 22.6 Å². The van der Waals surface area contributed by atoms with Crippen LogP contribution in [0.5, 0.6) is 11.5 Å². The Hall–Kier alpha value is -4.51. The normalized spacial score (nSPS) is 15.9. The van der Waals surface area contributed by atoms with Gasteiger partial charge in [-0.3, -0.25) is 0 Å². The molecule has 6 aromatic rings. The zero-order valence-electron chi connectivity index (χ0n) is 28.1. The maximum Gasteiger partial charge on any atom is 0.212 e. The Bertz CT molecular complexity index is 1890. The molecule has 1 aliphatic rings. The summed E-state index contributed by atoms with van der Waals surface area (Å²) >= 11 is 2.38. The fourth-order valence-corrected chi connectivity index (χ4v) is 6.73. The number of hydrogen-bond acceptors (Lipinski definition) is 6. The molecule has 2 atom stereocenters. The molecule has 0 aliphatic carbocycles. The van der Waals surface area contributed by atoms with Crippen molar-refractivity contribution in [1.29, 1.82) is 0 Å². The monoisotopic (exact) mass is 790 g/mol. The van der Waals surface area contributed by atoms with Crippen LogP contribution in [0.15, 0.2) is 158 Å². The second kappa shape index (κ2) is 17.6. The van der Waals surface area contributed by atoms with E-state index in [0.29, 0.717) is 32.8 Å². The van der Waals surface area contributed by atoms with E-state index in [4.69, 9.17) is 28.4 Å². The zero-order chi connectivity index (χ0) is 34.7. The van der Waals surface area contributed by atoms with E-state index in [1.165, 1.54) is 0 Å². The number of benzene rings is 6. The Labute approximate surface area is 313 Å². The van der Waals surface area contributed by atoms with E-state index < -0.39 is 18.9 Å². The quantitative estimate of drug-likeness (QED) is 0.0966. The smallest absolute Gasteiger partial charge is 0.212 e. The van der Waals surface area contributed by atoms with Gasteiger partial charge in [0.2, 0.25) is 12.6 Å². The van der Waals surface area contributed by atoms with Gasteiger partial charge < -0.3 is 28.4 Å². The average Bonchev–Trinajstić information content (AvgIpc) is 3.59. The molecule has 0 amide bonds. The van der Waals surface area contributed by atoms with Crippen LogP contribution in [-0.2, 0) is 51.8 Å². The molecule has 51 heavy (non-hydrogen) atoms. The molecule has 258 valence electrons. The first-order valence-electron chi connectivity index (χ1n) is 17.1. The zero-order valence-corrected chi connectivity index (χ0v) is 30.3. The van der Waals surface area contributed by atoms with Crippen LogP contribution in [0.2, 0.25) is 0 Å². The van der Waals surface area contributed by atoms with Gasteiger partial charge in [0.25, 0.3) is 0 Å². The Morgan fingerprint density at radius 1 is 0.471 bits per heavy atom. The largest absolute Gasteiger partial charge is 0.488 e. The first kappa shape index (κ1) is 34.9. The number of halogens is 1. The summed E-state index contributed by atoms with van der Waals surface area (Å²) in [6.07, 6.45) is -1.72. The summed E-state index contributed by atoms with van der Waals surface area (Å²) in [6.45, 7) is 1.54. The van der Waals surface area contributed by atoms with Crippen LogP contribution in [0.4, 0.5) is 0 Å². The van der Waals surface area contributed by atoms with Crippen LogP contribution in [0.25, 0.3) is 11.1 Å². The van der Waals surface area contributed by atoms with Crippen molar-refractivity contribution in [3.05, 3.63) is 189 Å². The standard InChI is InChI=1S/C44H39IO6/c45-42-37(26-40-50-43(48-30-34-20-10-3-11-21-34)44(51-40)49-31-35-22-12-4-13-23-35)41(36-24-14-5-15-25-36)38(46-28-32-16-6-1-7-17-32)27-39(42)47-29-33-18-8-2-9-19-33/h1-25,27,40,43-44H,26,28-31H2/t43-,44-/m0/s1. The van der Waals surface area contributed by atoms with Crippen molar-refractivity contribution in [2.75, 3.05) is 0 Å². The molecule has 0 bridgehead atoms. The molecule has 1 fully saturated rings. The lowest BCUT2D eigenvalue weighted by Crippen LogP contribution is -2.28. The third-order valence-corrected chi connectivity index (χ3v) is 9.69. The summed E-state index contributed by atoms with van der Waals surface area (Å²) in [7, 11) is 0. The predicted molar refractivity (Wildman–Crippen MR) is 206 cm³/mol. The lowest BCUT2D eigenvalue weighted by atomic mass is 9.95. The molecule has 7 heteroatoms. The van der Waals surface area contributed by atoms with Crippen molar-refractivity contribution in [2.24, 2.45) is 0 Å². The van der Waals surface area contributed by atoms with Crippen molar-refractivity contribution in [3.8, 4) is 22.6 Å². The highest BCUT2D eigenvalue weighted by molar-refractivity contribution is 14.1. The average molecular weight is 791 g/mol. The minimum atomic E-state index is -0.733. The van der Waals surface area contributed by atoms with E-state index in [1.54, 1.807) is 0 Å². The van der Waals surface area contributed by atoms with Crippen molar-refractivity contribution in [3.63, 3.8) is 0 Å². The molecule has 6 aromatic carbocycles. The minimum Gasteiger partial charge on any atom is -0.488 e. The highest BCUT2D eigenvalue weighted by atomic mass is 127. The first-order valence-corrected chi connectivity index (χ1v) is 18.1. The highest BCUT2D eigenvalue weighted by Gasteiger charge is 2.39. The van der Waals surface area contributed by atoms with Crippen LogP contribution >= 0.6 is 22.6 Å². The number of rotatable bonds is 15. The van der Waals surface area contributed by atoms with Gasteiger partial charge in [-0.05, 0) is 56.0 Å². The summed E-state index contributed by atoms with van der Waals surface area (Å²) in [5, 5.41) is 0. The van der Waals surface area contributed by atoms with Gasteiger partial charge >= 0.3 is 0 Å². The fraction of sp³-hybridized carbons (Fsp3) is 0.182. The predicted octanol–water partition coefficient (Wildman–Crippen LogP) is 10.1. The van der Waals surface area contributed by atoms with E-state index in [2.05, 4.69) is 59.0 Å². The van der Waals surface area contributed by atoms with E-state index in [1.807, 2.05) is 121 Å². The van der Waals surface area contributed by atoms with Gasteiger partial charge in [0.05, 0.1) is 16.8 Å². The van der Waals surface area contributed by atoms with E-state index >= 15 is 0 Å². The number of hydrogen-bond donors (Lipinski definition) is 0. The fourth-order valence-electron chi connectivity index (χ4n) is 5.93. The molecule has 0 N–H and O–H groups in total. The van der Waals surface area contributed by atoms with Crippen molar-refractivity contribution in [1.82, 2.24) is 0 Å². The van der Waals surface area contributed by atoms with E-state index in [0.717, 1.165) is 54.0 Å². The molecule has 0 aromatic heterocycles. The Kier molecular flexibility index (Phi) is 12.1. The van der Waals surface area contributed by atoms with Gasteiger partial charge in [0, 0.05) is 18.1 Å². The molecule has 1 heterocycles. The van der Waals surface area contributed by atoms with Gasteiger partial charge in [0.15, 0.2) is 6.29 Å². The van der Waals surface area contributed by atoms with Crippen LogP contribution in [-0.4, -0.2) is 18.9 Å². The molecule has 0 radical (unpaired) electrons.